The largest absolute Gasteiger partial charge is 0.472 e. The Kier molecular flexibility index (Phi) is 3.65. The van der Waals surface area contributed by atoms with Crippen LogP contribution in [0.3, 0.4) is 0 Å². The molecule has 0 fully saturated rings. The van der Waals surface area contributed by atoms with E-state index in [9.17, 15) is 0 Å². The summed E-state index contributed by atoms with van der Waals surface area (Å²) < 4.78 is 5.06. The van der Waals surface area contributed by atoms with Crippen LogP contribution in [-0.4, -0.2) is 18.6 Å². The number of anilines is 2. The number of furan rings is 1. The number of nitrogens with one attached hydrogen (secondary N) is 1. The van der Waals surface area contributed by atoms with E-state index in [1.54, 1.807) is 12.5 Å². The monoisotopic (exact) mass is 231 g/mol. The Bertz CT molecular complexity index is 453. The minimum atomic E-state index is 0.813. The zero-order valence-corrected chi connectivity index (χ0v) is 10.2. The van der Waals surface area contributed by atoms with Gasteiger partial charge in [0.2, 0.25) is 0 Å². The van der Waals surface area contributed by atoms with E-state index >= 15 is 0 Å². The fourth-order valence-corrected chi connectivity index (χ4v) is 1.69. The van der Waals surface area contributed by atoms with Gasteiger partial charge >= 0.3 is 0 Å². The molecular formula is C13H17N3O. The summed E-state index contributed by atoms with van der Waals surface area (Å²) in [6.45, 7) is 3.78. The van der Waals surface area contributed by atoms with Crippen LogP contribution < -0.4 is 10.2 Å². The van der Waals surface area contributed by atoms with Crippen LogP contribution in [0.1, 0.15) is 12.5 Å². The molecular weight excluding hydrogens is 214 g/mol. The lowest BCUT2D eigenvalue weighted by molar-refractivity contribution is 0.563. The van der Waals surface area contributed by atoms with Crippen molar-refractivity contribution in [3.63, 3.8) is 0 Å². The molecule has 0 saturated carbocycles. The van der Waals surface area contributed by atoms with E-state index in [0.717, 1.165) is 30.0 Å². The molecule has 1 N–H and O–H groups in total. The fourth-order valence-electron chi connectivity index (χ4n) is 1.69. The first-order valence-electron chi connectivity index (χ1n) is 5.70. The molecule has 0 aliphatic carbocycles. The zero-order chi connectivity index (χ0) is 12.1. The molecule has 0 spiro atoms. The van der Waals surface area contributed by atoms with Gasteiger partial charge in [0.15, 0.2) is 0 Å². The molecule has 2 rings (SSSR count). The molecule has 90 valence electrons. The van der Waals surface area contributed by atoms with Gasteiger partial charge in [0.25, 0.3) is 0 Å². The second-order valence-corrected chi connectivity index (χ2v) is 3.95. The fraction of sp³-hybridized carbons (Fsp3) is 0.308. The summed E-state index contributed by atoms with van der Waals surface area (Å²) in [7, 11) is 2.04. The summed E-state index contributed by atoms with van der Waals surface area (Å²) >= 11 is 0. The first-order valence-corrected chi connectivity index (χ1v) is 5.70. The average molecular weight is 231 g/mol. The third-order valence-corrected chi connectivity index (χ3v) is 2.55. The van der Waals surface area contributed by atoms with Gasteiger partial charge in [0.1, 0.15) is 0 Å². The second kappa shape index (κ2) is 5.39. The molecule has 4 heteroatoms. The molecule has 0 aliphatic heterocycles. The van der Waals surface area contributed by atoms with Crippen molar-refractivity contribution in [3.8, 4) is 0 Å². The van der Waals surface area contributed by atoms with Crippen molar-refractivity contribution in [2.24, 2.45) is 0 Å². The first-order chi connectivity index (χ1) is 8.29. The van der Waals surface area contributed by atoms with Gasteiger partial charge < -0.3 is 14.6 Å². The van der Waals surface area contributed by atoms with Crippen molar-refractivity contribution in [1.29, 1.82) is 0 Å². The molecule has 0 bridgehead atoms. The van der Waals surface area contributed by atoms with Gasteiger partial charge in [-0.15, -0.1) is 0 Å². The molecule has 0 amide bonds. The van der Waals surface area contributed by atoms with E-state index < -0.39 is 0 Å². The lowest BCUT2D eigenvalue weighted by Crippen LogP contribution is -2.16. The Balaban J connectivity index is 2.07. The molecule has 17 heavy (non-hydrogen) atoms. The molecule has 0 aliphatic rings. The molecule has 4 nitrogen and oxygen atoms in total. The Labute approximate surface area is 101 Å². The van der Waals surface area contributed by atoms with Crippen molar-refractivity contribution in [2.75, 3.05) is 23.8 Å². The Morgan fingerprint density at radius 3 is 3.00 bits per heavy atom. The first kappa shape index (κ1) is 11.5. The quantitative estimate of drug-likeness (QED) is 0.859. The Morgan fingerprint density at radius 1 is 1.41 bits per heavy atom. The molecule has 0 unspecified atom stereocenters. The molecule has 0 atom stereocenters. The van der Waals surface area contributed by atoms with Crippen LogP contribution in [0.2, 0.25) is 0 Å². The lowest BCUT2D eigenvalue weighted by atomic mass is 10.3. The van der Waals surface area contributed by atoms with E-state index in [0.29, 0.717) is 0 Å². The maximum Gasteiger partial charge on any atom is 0.0952 e. The Morgan fingerprint density at radius 2 is 2.29 bits per heavy atom. The number of pyridine rings is 1. The highest BCUT2D eigenvalue weighted by Gasteiger charge is 2.04. The third-order valence-electron chi connectivity index (χ3n) is 2.55. The molecule has 2 aromatic rings. The van der Waals surface area contributed by atoms with Crippen molar-refractivity contribution in [2.45, 2.75) is 13.5 Å². The van der Waals surface area contributed by atoms with E-state index in [-0.39, 0.29) is 0 Å². The summed E-state index contributed by atoms with van der Waals surface area (Å²) in [4.78, 5) is 6.36. The highest BCUT2D eigenvalue weighted by atomic mass is 16.3. The van der Waals surface area contributed by atoms with Crippen LogP contribution in [-0.2, 0) is 6.54 Å². The van der Waals surface area contributed by atoms with Crippen LogP contribution in [0.15, 0.2) is 41.5 Å². The highest BCUT2D eigenvalue weighted by Crippen LogP contribution is 2.18. The van der Waals surface area contributed by atoms with Crippen molar-refractivity contribution >= 4 is 11.4 Å². The number of hydrogen-bond acceptors (Lipinski definition) is 4. The number of rotatable bonds is 5. The lowest BCUT2D eigenvalue weighted by Gasteiger charge is -2.18. The van der Waals surface area contributed by atoms with Gasteiger partial charge in [0, 0.05) is 25.7 Å². The van der Waals surface area contributed by atoms with E-state index in [1.807, 2.05) is 25.5 Å². The number of aromatic nitrogens is 1. The molecule has 2 aromatic heterocycles. The predicted molar refractivity (Wildman–Crippen MR) is 69.2 cm³/mol. The summed E-state index contributed by atoms with van der Waals surface area (Å²) in [6, 6.07) is 4.06. The summed E-state index contributed by atoms with van der Waals surface area (Å²) in [5.41, 5.74) is 3.29. The second-order valence-electron chi connectivity index (χ2n) is 3.95. The van der Waals surface area contributed by atoms with Crippen molar-refractivity contribution in [3.05, 3.63) is 42.6 Å². The molecule has 0 saturated heterocycles. The van der Waals surface area contributed by atoms with Crippen LogP contribution in [0, 0.1) is 0 Å². The normalized spacial score (nSPS) is 10.2. The van der Waals surface area contributed by atoms with Crippen LogP contribution in [0.5, 0.6) is 0 Å². The maximum atomic E-state index is 5.06. The Hall–Kier alpha value is -1.97. The summed E-state index contributed by atoms with van der Waals surface area (Å²) in [6.07, 6.45) is 7.15. The van der Waals surface area contributed by atoms with E-state index in [2.05, 4.69) is 28.2 Å². The minimum absolute atomic E-state index is 0.813. The topological polar surface area (TPSA) is 41.3 Å². The van der Waals surface area contributed by atoms with Crippen LogP contribution in [0.4, 0.5) is 11.4 Å². The maximum absolute atomic E-state index is 5.06. The van der Waals surface area contributed by atoms with Gasteiger partial charge in [-0.1, -0.05) is 0 Å². The van der Waals surface area contributed by atoms with Gasteiger partial charge in [-0.3, -0.25) is 4.98 Å². The van der Waals surface area contributed by atoms with Gasteiger partial charge in [-0.05, 0) is 19.1 Å². The third kappa shape index (κ3) is 3.00. The summed E-state index contributed by atoms with van der Waals surface area (Å²) in [5.74, 6) is 0. The van der Waals surface area contributed by atoms with E-state index in [1.165, 1.54) is 0 Å². The zero-order valence-electron chi connectivity index (χ0n) is 10.2. The van der Waals surface area contributed by atoms with Gasteiger partial charge in [0.05, 0.1) is 36.3 Å². The molecule has 0 aromatic carbocycles. The van der Waals surface area contributed by atoms with Gasteiger partial charge in [-0.25, -0.2) is 0 Å². The smallest absolute Gasteiger partial charge is 0.0952 e. The predicted octanol–water partition coefficient (Wildman–Crippen LogP) is 2.74. The highest BCUT2D eigenvalue weighted by molar-refractivity contribution is 5.55. The van der Waals surface area contributed by atoms with E-state index in [4.69, 9.17) is 4.42 Å². The molecule has 0 radical (unpaired) electrons. The van der Waals surface area contributed by atoms with Crippen molar-refractivity contribution < 1.29 is 4.42 Å². The SMILES string of the molecule is CCNc1cncc(N(C)Cc2ccoc2)c1. The van der Waals surface area contributed by atoms with Crippen LogP contribution >= 0.6 is 0 Å². The number of hydrogen-bond donors (Lipinski definition) is 1. The summed E-state index contributed by atoms with van der Waals surface area (Å²) in [5, 5.41) is 3.25. The van der Waals surface area contributed by atoms with Crippen molar-refractivity contribution in [1.82, 2.24) is 4.98 Å². The standard InChI is InChI=1S/C13H17N3O/c1-3-15-12-6-13(8-14-7-12)16(2)9-11-4-5-17-10-11/h4-8,10,15H,3,9H2,1-2H3. The molecule has 2 heterocycles. The average Bonchev–Trinajstić information content (AvgIpc) is 2.83. The van der Waals surface area contributed by atoms with Gasteiger partial charge in [-0.2, -0.15) is 0 Å². The number of nitrogens with zero attached hydrogens (tertiary/aromatic N) is 2. The van der Waals surface area contributed by atoms with Crippen LogP contribution in [0.25, 0.3) is 0 Å². The minimum Gasteiger partial charge on any atom is -0.472 e.